The van der Waals surface area contributed by atoms with Crippen LogP contribution in [0.15, 0.2) is 42.5 Å². The standard InChI is InChI=1S/C28H33N3O6/c1-30-23-9-8-21(14-27(33)31-12-11-18-5-3-4-6-19(18)15-31)37-25(23)16-36-24-10-7-20(13-22(24)28(30)34)29-26(32)17-35-2/h3-7,10,13,21,23,25H,8-9,11-12,14-17H2,1-2H3,(H,29,32)/t21-,23+,25-/m1/s1. The van der Waals surface area contributed by atoms with Crippen molar-refractivity contribution < 1.29 is 28.6 Å². The summed E-state index contributed by atoms with van der Waals surface area (Å²) in [6.45, 7) is 1.56. The van der Waals surface area contributed by atoms with Crippen molar-refractivity contribution in [2.45, 2.75) is 50.5 Å². The Hall–Kier alpha value is -3.43. The van der Waals surface area contributed by atoms with Crippen LogP contribution in [0, 0.1) is 0 Å². The fraction of sp³-hybridized carbons (Fsp3) is 0.464. The fourth-order valence-corrected chi connectivity index (χ4v) is 5.47. The van der Waals surface area contributed by atoms with E-state index in [2.05, 4.69) is 17.4 Å². The van der Waals surface area contributed by atoms with E-state index in [0.29, 0.717) is 36.4 Å². The van der Waals surface area contributed by atoms with Gasteiger partial charge in [0.2, 0.25) is 11.8 Å². The summed E-state index contributed by atoms with van der Waals surface area (Å²) in [7, 11) is 3.22. The highest BCUT2D eigenvalue weighted by Crippen LogP contribution is 2.33. The molecule has 1 saturated heterocycles. The van der Waals surface area contributed by atoms with Gasteiger partial charge in [0.25, 0.3) is 5.91 Å². The molecule has 5 rings (SSSR count). The molecule has 3 atom stereocenters. The lowest BCUT2D eigenvalue weighted by Crippen LogP contribution is -2.54. The SMILES string of the molecule is COCC(=O)Nc1ccc2c(c1)C(=O)N(C)[C@H]1CC[C@H](CC(=O)N3CCc4ccccc4C3)O[C@@H]1CO2. The number of anilines is 1. The third-order valence-corrected chi connectivity index (χ3v) is 7.46. The van der Waals surface area contributed by atoms with Gasteiger partial charge in [-0.05, 0) is 48.6 Å². The number of ether oxygens (including phenoxy) is 3. The van der Waals surface area contributed by atoms with E-state index in [1.54, 1.807) is 30.1 Å². The number of likely N-dealkylation sites (N-methyl/N-ethyl adjacent to an activating group) is 1. The first-order valence-electron chi connectivity index (χ1n) is 12.8. The molecule has 0 saturated carbocycles. The van der Waals surface area contributed by atoms with E-state index in [4.69, 9.17) is 14.2 Å². The molecule has 2 aromatic rings. The Morgan fingerprint density at radius 3 is 2.76 bits per heavy atom. The Balaban J connectivity index is 1.23. The van der Waals surface area contributed by atoms with Crippen molar-refractivity contribution in [2.24, 2.45) is 0 Å². The van der Waals surface area contributed by atoms with Crippen LogP contribution >= 0.6 is 0 Å². The van der Waals surface area contributed by atoms with Gasteiger partial charge in [0.05, 0.1) is 24.1 Å². The molecule has 3 aliphatic heterocycles. The van der Waals surface area contributed by atoms with E-state index < -0.39 is 0 Å². The van der Waals surface area contributed by atoms with Gasteiger partial charge in [0.15, 0.2) is 0 Å². The Kier molecular flexibility index (Phi) is 7.43. The van der Waals surface area contributed by atoms with Gasteiger partial charge in [-0.15, -0.1) is 0 Å². The molecular formula is C28H33N3O6. The number of benzene rings is 2. The molecule has 3 amide bonds. The number of rotatable bonds is 5. The van der Waals surface area contributed by atoms with Crippen LogP contribution < -0.4 is 10.1 Å². The molecule has 9 nitrogen and oxygen atoms in total. The van der Waals surface area contributed by atoms with E-state index in [9.17, 15) is 14.4 Å². The second-order valence-electron chi connectivity index (χ2n) is 9.90. The molecule has 196 valence electrons. The summed E-state index contributed by atoms with van der Waals surface area (Å²) in [6.07, 6.45) is 2.05. The predicted molar refractivity (Wildman–Crippen MR) is 136 cm³/mol. The molecule has 0 aliphatic carbocycles. The summed E-state index contributed by atoms with van der Waals surface area (Å²) in [6, 6.07) is 13.1. The van der Waals surface area contributed by atoms with Gasteiger partial charge in [-0.2, -0.15) is 0 Å². The minimum atomic E-state index is -0.336. The maximum absolute atomic E-state index is 13.4. The smallest absolute Gasteiger partial charge is 0.257 e. The largest absolute Gasteiger partial charge is 0.490 e. The van der Waals surface area contributed by atoms with Crippen LogP contribution in [0.3, 0.4) is 0 Å². The van der Waals surface area contributed by atoms with Gasteiger partial charge < -0.3 is 29.3 Å². The third-order valence-electron chi connectivity index (χ3n) is 7.46. The molecule has 3 aliphatic rings. The lowest BCUT2D eigenvalue weighted by atomic mass is 9.94. The van der Waals surface area contributed by atoms with Gasteiger partial charge >= 0.3 is 0 Å². The van der Waals surface area contributed by atoms with E-state index in [1.807, 2.05) is 17.0 Å². The van der Waals surface area contributed by atoms with Crippen LogP contribution in [0.2, 0.25) is 0 Å². The summed E-state index contributed by atoms with van der Waals surface area (Å²) < 4.78 is 17.2. The summed E-state index contributed by atoms with van der Waals surface area (Å²) in [5, 5.41) is 2.73. The zero-order valence-corrected chi connectivity index (χ0v) is 21.3. The first-order chi connectivity index (χ1) is 17.9. The Labute approximate surface area is 216 Å². The highest BCUT2D eigenvalue weighted by molar-refractivity contribution is 6.00. The van der Waals surface area contributed by atoms with Gasteiger partial charge in [0, 0.05) is 32.9 Å². The topological polar surface area (TPSA) is 97.4 Å². The van der Waals surface area contributed by atoms with Crippen molar-refractivity contribution >= 4 is 23.4 Å². The minimum Gasteiger partial charge on any atom is -0.490 e. The maximum Gasteiger partial charge on any atom is 0.257 e. The Bertz CT molecular complexity index is 1180. The number of carbonyl (C=O) groups excluding carboxylic acids is 3. The van der Waals surface area contributed by atoms with Crippen molar-refractivity contribution in [3.05, 3.63) is 59.2 Å². The number of carbonyl (C=O) groups is 3. The van der Waals surface area contributed by atoms with E-state index in [1.165, 1.54) is 18.2 Å². The minimum absolute atomic E-state index is 0.0722. The molecule has 1 fully saturated rings. The van der Waals surface area contributed by atoms with Crippen LogP contribution in [0.5, 0.6) is 5.75 Å². The number of nitrogens with one attached hydrogen (secondary N) is 1. The second-order valence-corrected chi connectivity index (χ2v) is 9.90. The summed E-state index contributed by atoms with van der Waals surface area (Å²) >= 11 is 0. The molecule has 0 radical (unpaired) electrons. The average molecular weight is 508 g/mol. The highest BCUT2D eigenvalue weighted by atomic mass is 16.5. The van der Waals surface area contributed by atoms with Gasteiger partial charge in [-0.25, -0.2) is 0 Å². The van der Waals surface area contributed by atoms with Crippen LogP contribution in [-0.4, -0.2) is 79.7 Å². The van der Waals surface area contributed by atoms with Gasteiger partial charge in [0.1, 0.15) is 25.1 Å². The van der Waals surface area contributed by atoms with E-state index >= 15 is 0 Å². The lowest BCUT2D eigenvalue weighted by Gasteiger charge is -2.42. The number of amides is 3. The van der Waals surface area contributed by atoms with Crippen molar-refractivity contribution in [1.82, 2.24) is 9.80 Å². The number of hydrogen-bond acceptors (Lipinski definition) is 6. The summed E-state index contributed by atoms with van der Waals surface area (Å²) in [5.74, 6) is 0.0409. The summed E-state index contributed by atoms with van der Waals surface area (Å²) in [5.41, 5.74) is 3.41. The summed E-state index contributed by atoms with van der Waals surface area (Å²) in [4.78, 5) is 42.0. The zero-order valence-electron chi connectivity index (χ0n) is 21.3. The molecule has 37 heavy (non-hydrogen) atoms. The average Bonchev–Trinajstić information content (AvgIpc) is 2.91. The number of fused-ring (bicyclic) bond motifs is 3. The Morgan fingerprint density at radius 2 is 1.95 bits per heavy atom. The lowest BCUT2D eigenvalue weighted by molar-refractivity contribution is -0.143. The van der Waals surface area contributed by atoms with Crippen LogP contribution in [-0.2, 0) is 32.0 Å². The molecule has 0 spiro atoms. The molecule has 9 heteroatoms. The van der Waals surface area contributed by atoms with Gasteiger partial charge in [-0.1, -0.05) is 24.3 Å². The first-order valence-corrected chi connectivity index (χ1v) is 12.8. The third kappa shape index (κ3) is 5.47. The molecule has 0 bridgehead atoms. The molecular weight excluding hydrogens is 474 g/mol. The normalized spacial score (nSPS) is 23.1. The first kappa shape index (κ1) is 25.2. The highest BCUT2D eigenvalue weighted by Gasteiger charge is 2.39. The monoisotopic (exact) mass is 507 g/mol. The van der Waals surface area contributed by atoms with Crippen LogP contribution in [0.1, 0.15) is 40.7 Å². The second kappa shape index (κ2) is 10.9. The number of nitrogens with zero attached hydrogens (tertiary/aromatic N) is 2. The molecule has 0 unspecified atom stereocenters. The maximum atomic E-state index is 13.4. The molecule has 2 aromatic carbocycles. The van der Waals surface area contributed by atoms with Crippen molar-refractivity contribution in [3.63, 3.8) is 0 Å². The van der Waals surface area contributed by atoms with Crippen molar-refractivity contribution in [3.8, 4) is 5.75 Å². The van der Waals surface area contributed by atoms with E-state index in [0.717, 1.165) is 19.4 Å². The van der Waals surface area contributed by atoms with E-state index in [-0.39, 0.29) is 49.2 Å². The van der Waals surface area contributed by atoms with Crippen LogP contribution in [0.25, 0.3) is 0 Å². The number of hydrogen-bond donors (Lipinski definition) is 1. The van der Waals surface area contributed by atoms with Crippen molar-refractivity contribution in [2.75, 3.05) is 39.2 Å². The zero-order chi connectivity index (χ0) is 25.9. The molecule has 0 aromatic heterocycles. The van der Waals surface area contributed by atoms with Gasteiger partial charge in [-0.3, -0.25) is 14.4 Å². The molecule has 3 heterocycles. The Morgan fingerprint density at radius 1 is 1.14 bits per heavy atom. The van der Waals surface area contributed by atoms with Crippen LogP contribution in [0.4, 0.5) is 5.69 Å². The quantitative estimate of drug-likeness (QED) is 0.668. The fourth-order valence-electron chi connectivity index (χ4n) is 5.47. The van der Waals surface area contributed by atoms with Crippen molar-refractivity contribution in [1.29, 1.82) is 0 Å². The number of methoxy groups -OCH3 is 1. The molecule has 1 N–H and O–H groups in total. The predicted octanol–water partition coefficient (Wildman–Crippen LogP) is 2.63.